The summed E-state index contributed by atoms with van der Waals surface area (Å²) in [7, 11) is 1.59. The van der Waals surface area contributed by atoms with Crippen LogP contribution in [0.4, 0.5) is 0 Å². The van der Waals surface area contributed by atoms with Crippen LogP contribution in [0.15, 0.2) is 70.7 Å². The van der Waals surface area contributed by atoms with Gasteiger partial charge in [-0.15, -0.1) is 0 Å². The molecule has 1 amide bonds. The largest absolute Gasteiger partial charge is 0.497 e. The number of carbonyl (C=O) groups excluding carboxylic acids is 1. The maximum absolute atomic E-state index is 12.5. The second-order valence-corrected chi connectivity index (χ2v) is 8.55. The molecule has 168 valence electrons. The molecule has 0 fully saturated rings. The molecule has 3 rings (SSSR count). The predicted molar refractivity (Wildman–Crippen MR) is 133 cm³/mol. The van der Waals surface area contributed by atoms with Gasteiger partial charge in [-0.1, -0.05) is 53.6 Å². The summed E-state index contributed by atoms with van der Waals surface area (Å²) in [6.45, 7) is 2.68. The molecule has 0 aliphatic heterocycles. The Labute approximate surface area is 206 Å². The van der Waals surface area contributed by atoms with E-state index < -0.39 is 5.91 Å². The Balaban J connectivity index is 1.69. The monoisotopic (exact) mass is 524 g/mol. The van der Waals surface area contributed by atoms with E-state index in [0.717, 1.165) is 22.4 Å². The van der Waals surface area contributed by atoms with Crippen LogP contribution in [0.2, 0.25) is 5.02 Å². The van der Waals surface area contributed by atoms with Gasteiger partial charge in [-0.3, -0.25) is 4.79 Å². The van der Waals surface area contributed by atoms with Crippen molar-refractivity contribution in [1.82, 2.24) is 5.32 Å². The van der Waals surface area contributed by atoms with Crippen LogP contribution < -0.4 is 14.8 Å². The Hall–Kier alpha value is -3.27. The highest BCUT2D eigenvalue weighted by atomic mass is 79.9. The van der Waals surface area contributed by atoms with Crippen molar-refractivity contribution in [2.75, 3.05) is 7.11 Å². The van der Waals surface area contributed by atoms with Crippen molar-refractivity contribution >= 4 is 39.5 Å². The van der Waals surface area contributed by atoms with E-state index in [4.69, 9.17) is 21.1 Å². The third kappa shape index (κ3) is 6.85. The Morgan fingerprint density at radius 1 is 1.15 bits per heavy atom. The number of nitriles is 1. The number of methoxy groups -OCH3 is 1. The van der Waals surface area contributed by atoms with E-state index in [1.54, 1.807) is 19.2 Å². The number of hydrogen-bond donors (Lipinski definition) is 1. The minimum atomic E-state index is -0.472. The van der Waals surface area contributed by atoms with Crippen molar-refractivity contribution < 1.29 is 14.3 Å². The van der Waals surface area contributed by atoms with E-state index in [9.17, 15) is 10.1 Å². The normalized spacial score (nSPS) is 10.9. The number of rotatable bonds is 8. The van der Waals surface area contributed by atoms with Crippen LogP contribution in [-0.2, 0) is 17.9 Å². The molecule has 0 aromatic heterocycles. The number of amides is 1. The zero-order chi connectivity index (χ0) is 23.8. The average Bonchev–Trinajstić information content (AvgIpc) is 2.81. The van der Waals surface area contributed by atoms with E-state index >= 15 is 0 Å². The molecule has 0 unspecified atom stereocenters. The van der Waals surface area contributed by atoms with Gasteiger partial charge in [0.05, 0.1) is 16.6 Å². The predicted octanol–water partition coefficient (Wildman–Crippen LogP) is 6.22. The number of nitrogens with one attached hydrogen (secondary N) is 1. The maximum Gasteiger partial charge on any atom is 0.262 e. The van der Waals surface area contributed by atoms with Crippen molar-refractivity contribution in [3.63, 3.8) is 0 Å². The number of ether oxygens (including phenoxy) is 2. The van der Waals surface area contributed by atoms with Gasteiger partial charge in [0.2, 0.25) is 0 Å². The molecule has 3 aromatic rings. The van der Waals surface area contributed by atoms with Gasteiger partial charge in [0.25, 0.3) is 5.91 Å². The van der Waals surface area contributed by atoms with Crippen LogP contribution in [0, 0.1) is 18.3 Å². The number of benzene rings is 3. The highest BCUT2D eigenvalue weighted by molar-refractivity contribution is 9.10. The van der Waals surface area contributed by atoms with E-state index in [2.05, 4.69) is 21.2 Å². The SMILES string of the molecule is COc1ccc(CNC(=O)/C(C#N)=C\c2cc(Cl)c(OCc3cccc(C)c3)c(Br)c2)cc1. The van der Waals surface area contributed by atoms with Crippen LogP contribution in [0.5, 0.6) is 11.5 Å². The summed E-state index contributed by atoms with van der Waals surface area (Å²) in [5.41, 5.74) is 3.64. The Morgan fingerprint density at radius 3 is 2.55 bits per heavy atom. The summed E-state index contributed by atoms with van der Waals surface area (Å²) >= 11 is 9.90. The molecule has 0 atom stereocenters. The minimum Gasteiger partial charge on any atom is -0.497 e. The molecule has 3 aromatic carbocycles. The number of hydrogen-bond acceptors (Lipinski definition) is 4. The van der Waals surface area contributed by atoms with Gasteiger partial charge in [0.1, 0.15) is 24.0 Å². The van der Waals surface area contributed by atoms with Crippen molar-refractivity contribution in [2.45, 2.75) is 20.1 Å². The summed E-state index contributed by atoms with van der Waals surface area (Å²) in [5, 5.41) is 12.6. The smallest absolute Gasteiger partial charge is 0.262 e. The number of aryl methyl sites for hydroxylation is 1. The van der Waals surface area contributed by atoms with Gasteiger partial charge in [-0.25, -0.2) is 0 Å². The topological polar surface area (TPSA) is 71.3 Å². The summed E-state index contributed by atoms with van der Waals surface area (Å²) in [6, 6.07) is 20.7. The summed E-state index contributed by atoms with van der Waals surface area (Å²) in [5.74, 6) is 0.759. The Morgan fingerprint density at radius 2 is 1.91 bits per heavy atom. The summed E-state index contributed by atoms with van der Waals surface area (Å²) < 4.78 is 11.6. The van der Waals surface area contributed by atoms with Crippen LogP contribution in [0.1, 0.15) is 22.3 Å². The molecular weight excluding hydrogens is 504 g/mol. The standard InChI is InChI=1S/C26H22BrClN2O3/c1-17-4-3-5-19(10-17)16-33-25-23(27)12-20(13-24(25)28)11-21(14-29)26(31)30-15-18-6-8-22(32-2)9-7-18/h3-13H,15-16H2,1-2H3,(H,30,31)/b21-11-. The Bertz CT molecular complexity index is 1190. The summed E-state index contributed by atoms with van der Waals surface area (Å²) in [6.07, 6.45) is 1.49. The molecule has 0 heterocycles. The van der Waals surface area contributed by atoms with Crippen molar-refractivity contribution in [3.05, 3.63) is 98.0 Å². The lowest BCUT2D eigenvalue weighted by atomic mass is 10.1. The van der Waals surface area contributed by atoms with E-state index in [1.165, 1.54) is 6.08 Å². The molecule has 5 nitrogen and oxygen atoms in total. The molecule has 1 N–H and O–H groups in total. The maximum atomic E-state index is 12.5. The molecule has 0 saturated heterocycles. The molecule has 33 heavy (non-hydrogen) atoms. The second kappa shape index (κ2) is 11.6. The van der Waals surface area contributed by atoms with Gasteiger partial charge in [-0.05, 0) is 69.9 Å². The molecular formula is C26H22BrClN2O3. The fourth-order valence-electron chi connectivity index (χ4n) is 3.09. The molecule has 0 bridgehead atoms. The van der Waals surface area contributed by atoms with Crippen LogP contribution in [0.3, 0.4) is 0 Å². The van der Waals surface area contributed by atoms with E-state index in [-0.39, 0.29) is 12.1 Å². The lowest BCUT2D eigenvalue weighted by Crippen LogP contribution is -2.23. The van der Waals surface area contributed by atoms with Crippen molar-refractivity contribution in [3.8, 4) is 17.6 Å². The molecule has 0 spiro atoms. The fourth-order valence-corrected chi connectivity index (χ4v) is 4.08. The Kier molecular flexibility index (Phi) is 8.53. The van der Waals surface area contributed by atoms with Gasteiger partial charge >= 0.3 is 0 Å². The van der Waals surface area contributed by atoms with Crippen molar-refractivity contribution in [1.29, 1.82) is 5.26 Å². The second-order valence-electron chi connectivity index (χ2n) is 7.29. The lowest BCUT2D eigenvalue weighted by molar-refractivity contribution is -0.117. The number of halogens is 2. The molecule has 0 aliphatic carbocycles. The summed E-state index contributed by atoms with van der Waals surface area (Å²) in [4.78, 5) is 12.5. The zero-order valence-corrected chi connectivity index (χ0v) is 20.5. The third-order valence-corrected chi connectivity index (χ3v) is 5.64. The van der Waals surface area contributed by atoms with Crippen LogP contribution in [-0.4, -0.2) is 13.0 Å². The zero-order valence-electron chi connectivity index (χ0n) is 18.2. The fraction of sp³-hybridized carbons (Fsp3) is 0.154. The van der Waals surface area contributed by atoms with Crippen LogP contribution in [0.25, 0.3) is 6.08 Å². The third-order valence-electron chi connectivity index (χ3n) is 4.77. The first kappa shape index (κ1) is 24.4. The molecule has 0 aliphatic rings. The van der Waals surface area contributed by atoms with E-state index in [0.29, 0.717) is 27.4 Å². The quantitative estimate of drug-likeness (QED) is 0.280. The molecule has 0 radical (unpaired) electrons. The van der Waals surface area contributed by atoms with Crippen LogP contribution >= 0.6 is 27.5 Å². The highest BCUT2D eigenvalue weighted by Gasteiger charge is 2.13. The van der Waals surface area contributed by atoms with Gasteiger partial charge in [-0.2, -0.15) is 5.26 Å². The number of nitrogens with zero attached hydrogens (tertiary/aromatic N) is 1. The van der Waals surface area contributed by atoms with Crippen molar-refractivity contribution in [2.24, 2.45) is 0 Å². The van der Waals surface area contributed by atoms with Gasteiger partial charge in [0.15, 0.2) is 5.75 Å². The van der Waals surface area contributed by atoms with Gasteiger partial charge < -0.3 is 14.8 Å². The first-order chi connectivity index (χ1) is 15.9. The molecule has 0 saturated carbocycles. The first-order valence-corrected chi connectivity index (χ1v) is 11.3. The van der Waals surface area contributed by atoms with Gasteiger partial charge in [0, 0.05) is 6.54 Å². The number of carbonyl (C=O) groups is 1. The molecule has 7 heteroatoms. The average molecular weight is 526 g/mol. The lowest BCUT2D eigenvalue weighted by Gasteiger charge is -2.12. The first-order valence-electron chi connectivity index (χ1n) is 10.1. The highest BCUT2D eigenvalue weighted by Crippen LogP contribution is 2.35. The van der Waals surface area contributed by atoms with E-state index in [1.807, 2.05) is 61.5 Å². The minimum absolute atomic E-state index is 0.0279.